The highest BCUT2D eigenvalue weighted by molar-refractivity contribution is 6.00. The van der Waals surface area contributed by atoms with Crippen LogP contribution in [0.4, 0.5) is 0 Å². The molecule has 0 radical (unpaired) electrons. The van der Waals surface area contributed by atoms with Crippen LogP contribution in [0.1, 0.15) is 40.7 Å². The Bertz CT molecular complexity index is 722. The van der Waals surface area contributed by atoms with Gasteiger partial charge in [-0.3, -0.25) is 4.79 Å². The monoisotopic (exact) mass is 369 g/mol. The molecule has 1 atom stereocenters. The van der Waals surface area contributed by atoms with Crippen LogP contribution in [0.5, 0.6) is 0 Å². The Labute approximate surface area is 163 Å². The Kier molecular flexibility index (Phi) is 6.50. The summed E-state index contributed by atoms with van der Waals surface area (Å²) in [6, 6.07) is 19.0. The molecule has 1 heterocycles. The number of benzene rings is 2. The average Bonchev–Trinajstić information content (AvgIpc) is 2.67. The average molecular weight is 370 g/mol. The van der Waals surface area contributed by atoms with E-state index in [9.17, 15) is 4.79 Å². The molecule has 1 aliphatic heterocycles. The van der Waals surface area contributed by atoms with Gasteiger partial charge in [-0.05, 0) is 62.2 Å². The molecule has 0 amide bonds. The van der Waals surface area contributed by atoms with Crippen LogP contribution < -0.4 is 0 Å². The molecule has 2 aromatic carbocycles. The normalized spacial score (nSPS) is 21.1. The highest BCUT2D eigenvalue weighted by Crippen LogP contribution is 2.28. The van der Waals surface area contributed by atoms with Crippen molar-refractivity contribution in [1.29, 1.82) is 0 Å². The van der Waals surface area contributed by atoms with Gasteiger partial charge >= 0.3 is 0 Å². The molecule has 1 fully saturated rings. The fraction of sp³-hybridized carbons (Fsp3) is 0.435. The minimum Gasteiger partial charge on any atom is -0.303 e. The van der Waals surface area contributed by atoms with Gasteiger partial charge in [0.2, 0.25) is 0 Å². The molecular formula is C23H28ClNO. The van der Waals surface area contributed by atoms with E-state index in [-0.39, 0.29) is 18.3 Å². The molecule has 0 aromatic heterocycles. The third-order valence-electron chi connectivity index (χ3n) is 5.97. The van der Waals surface area contributed by atoms with Crippen molar-refractivity contribution >= 4 is 18.2 Å². The van der Waals surface area contributed by atoms with Crippen LogP contribution in [0.15, 0.2) is 54.6 Å². The lowest BCUT2D eigenvalue weighted by Crippen LogP contribution is -2.40. The number of halogens is 1. The number of piperidine rings is 1. The van der Waals surface area contributed by atoms with Crippen LogP contribution in [-0.2, 0) is 12.8 Å². The van der Waals surface area contributed by atoms with E-state index in [1.807, 2.05) is 18.2 Å². The Hall–Kier alpha value is -1.64. The summed E-state index contributed by atoms with van der Waals surface area (Å²) in [6.07, 6.45) is 5.78. The summed E-state index contributed by atoms with van der Waals surface area (Å²) in [5, 5.41) is 0. The predicted molar refractivity (Wildman–Crippen MR) is 109 cm³/mol. The lowest BCUT2D eigenvalue weighted by atomic mass is 9.82. The second-order valence-electron chi connectivity index (χ2n) is 7.69. The highest BCUT2D eigenvalue weighted by atomic mass is 35.5. The second-order valence-corrected chi connectivity index (χ2v) is 7.69. The topological polar surface area (TPSA) is 20.3 Å². The lowest BCUT2D eigenvalue weighted by Gasteiger charge is -2.35. The first-order valence-electron chi connectivity index (χ1n) is 9.68. The zero-order chi connectivity index (χ0) is 17.1. The fourth-order valence-corrected chi connectivity index (χ4v) is 4.47. The quantitative estimate of drug-likeness (QED) is 0.770. The molecule has 2 aliphatic rings. The highest BCUT2D eigenvalue weighted by Gasteiger charge is 2.30. The maximum absolute atomic E-state index is 12.8. The first-order valence-corrected chi connectivity index (χ1v) is 9.68. The minimum atomic E-state index is 0. The molecule has 26 heavy (non-hydrogen) atoms. The summed E-state index contributed by atoms with van der Waals surface area (Å²) in [5.41, 5.74) is 3.67. The van der Waals surface area contributed by atoms with Crippen molar-refractivity contribution in [2.45, 2.75) is 32.1 Å². The molecule has 4 rings (SSSR count). The molecule has 2 nitrogen and oxygen atoms in total. The number of nitrogens with zero attached hydrogens (tertiary/aromatic N) is 1. The number of aryl methyl sites for hydroxylation is 1. The third kappa shape index (κ3) is 4.36. The first-order chi connectivity index (χ1) is 12.3. The van der Waals surface area contributed by atoms with Crippen molar-refractivity contribution in [2.75, 3.05) is 19.6 Å². The van der Waals surface area contributed by atoms with Gasteiger partial charge in [0.15, 0.2) is 5.78 Å². The van der Waals surface area contributed by atoms with Gasteiger partial charge in [-0.1, -0.05) is 54.6 Å². The van der Waals surface area contributed by atoms with Crippen molar-refractivity contribution in [3.63, 3.8) is 0 Å². The van der Waals surface area contributed by atoms with E-state index in [2.05, 4.69) is 41.3 Å². The van der Waals surface area contributed by atoms with E-state index in [1.165, 1.54) is 30.4 Å². The standard InChI is InChI=1S/C23H27NO.ClH/c25-23-21(11-10-20-8-4-5-9-22(20)23)17-24-14-12-19(13-15-24)16-18-6-2-1-3-7-18;/h1-9,19,21H,10-17H2;1H. The van der Waals surface area contributed by atoms with Gasteiger partial charge in [-0.25, -0.2) is 0 Å². The Morgan fingerprint density at radius 2 is 1.58 bits per heavy atom. The summed E-state index contributed by atoms with van der Waals surface area (Å²) in [5.74, 6) is 1.36. The number of fused-ring (bicyclic) bond motifs is 1. The molecule has 138 valence electrons. The van der Waals surface area contributed by atoms with Crippen LogP contribution in [0, 0.1) is 11.8 Å². The van der Waals surface area contributed by atoms with E-state index < -0.39 is 0 Å². The third-order valence-corrected chi connectivity index (χ3v) is 5.97. The smallest absolute Gasteiger partial charge is 0.167 e. The largest absolute Gasteiger partial charge is 0.303 e. The number of hydrogen-bond acceptors (Lipinski definition) is 2. The van der Waals surface area contributed by atoms with Crippen molar-refractivity contribution in [3.05, 3.63) is 71.3 Å². The molecule has 0 N–H and O–H groups in total. The fourth-order valence-electron chi connectivity index (χ4n) is 4.47. The van der Waals surface area contributed by atoms with Gasteiger partial charge in [0.25, 0.3) is 0 Å². The van der Waals surface area contributed by atoms with E-state index in [4.69, 9.17) is 0 Å². The van der Waals surface area contributed by atoms with Crippen molar-refractivity contribution in [2.24, 2.45) is 11.8 Å². The van der Waals surface area contributed by atoms with Crippen molar-refractivity contribution in [1.82, 2.24) is 4.90 Å². The molecule has 0 saturated carbocycles. The number of rotatable bonds is 4. The van der Waals surface area contributed by atoms with Gasteiger partial charge in [0, 0.05) is 18.0 Å². The minimum absolute atomic E-state index is 0. The van der Waals surface area contributed by atoms with Gasteiger partial charge < -0.3 is 4.90 Å². The van der Waals surface area contributed by atoms with Crippen LogP contribution in [0.3, 0.4) is 0 Å². The first kappa shape index (κ1) is 19.1. The van der Waals surface area contributed by atoms with Gasteiger partial charge in [0.05, 0.1) is 0 Å². The van der Waals surface area contributed by atoms with E-state index >= 15 is 0 Å². The number of carbonyl (C=O) groups is 1. The predicted octanol–water partition coefficient (Wildman–Crippen LogP) is 4.81. The molecule has 0 spiro atoms. The number of likely N-dealkylation sites (tertiary alicyclic amines) is 1. The van der Waals surface area contributed by atoms with Crippen molar-refractivity contribution < 1.29 is 4.79 Å². The molecule has 3 heteroatoms. The summed E-state index contributed by atoms with van der Waals surface area (Å²) in [6.45, 7) is 3.23. The summed E-state index contributed by atoms with van der Waals surface area (Å²) in [7, 11) is 0. The van der Waals surface area contributed by atoms with Gasteiger partial charge in [-0.2, -0.15) is 0 Å². The number of ketones is 1. The maximum atomic E-state index is 12.8. The van der Waals surface area contributed by atoms with Crippen LogP contribution >= 0.6 is 12.4 Å². The molecule has 0 bridgehead atoms. The molecule has 1 unspecified atom stereocenters. The molecule has 1 aliphatic carbocycles. The SMILES string of the molecule is Cl.O=C1c2ccccc2CCC1CN1CCC(Cc2ccccc2)CC1. The maximum Gasteiger partial charge on any atom is 0.167 e. The Balaban J connectivity index is 0.00000196. The van der Waals surface area contributed by atoms with E-state index in [1.54, 1.807) is 0 Å². The molecule has 1 saturated heterocycles. The molecule has 2 aromatic rings. The zero-order valence-electron chi connectivity index (χ0n) is 15.3. The number of Topliss-reactive ketones (excluding diaryl/α,β-unsaturated/α-hetero) is 1. The Morgan fingerprint density at radius 1 is 0.885 bits per heavy atom. The Morgan fingerprint density at radius 3 is 2.35 bits per heavy atom. The summed E-state index contributed by atoms with van der Waals surface area (Å²) < 4.78 is 0. The van der Waals surface area contributed by atoms with Crippen LogP contribution in [0.25, 0.3) is 0 Å². The summed E-state index contributed by atoms with van der Waals surface area (Å²) in [4.78, 5) is 15.3. The van der Waals surface area contributed by atoms with E-state index in [0.29, 0.717) is 5.78 Å². The van der Waals surface area contributed by atoms with Crippen LogP contribution in [0.2, 0.25) is 0 Å². The van der Waals surface area contributed by atoms with Gasteiger partial charge in [0.1, 0.15) is 0 Å². The van der Waals surface area contributed by atoms with Gasteiger partial charge in [-0.15, -0.1) is 12.4 Å². The molecular weight excluding hydrogens is 342 g/mol. The zero-order valence-corrected chi connectivity index (χ0v) is 16.1. The number of carbonyl (C=O) groups excluding carboxylic acids is 1. The summed E-state index contributed by atoms with van der Waals surface area (Å²) >= 11 is 0. The lowest BCUT2D eigenvalue weighted by molar-refractivity contribution is 0.0829. The van der Waals surface area contributed by atoms with Crippen molar-refractivity contribution in [3.8, 4) is 0 Å². The van der Waals surface area contributed by atoms with Crippen LogP contribution in [-0.4, -0.2) is 30.3 Å². The van der Waals surface area contributed by atoms with E-state index in [0.717, 1.165) is 44.0 Å². The second kappa shape index (κ2) is 8.83. The number of hydrogen-bond donors (Lipinski definition) is 0.